The lowest BCUT2D eigenvalue weighted by atomic mass is 10.1. The number of ether oxygens (including phenoxy) is 2. The average molecular weight is 281 g/mol. The summed E-state index contributed by atoms with van der Waals surface area (Å²) in [6, 6.07) is 3.87. The molecule has 0 aromatic heterocycles. The number of nitrogens with zero attached hydrogens (tertiary/aromatic N) is 1. The van der Waals surface area contributed by atoms with Crippen molar-refractivity contribution in [3.8, 4) is 11.5 Å². The van der Waals surface area contributed by atoms with Crippen LogP contribution in [0, 0.1) is 12.8 Å². The standard InChI is InChI=1S/C15H23NO4/c1-10-6-13(19-4)14(20-5)7-12(10)9-16(3)8-11(2)15(17)18/h6-7,11H,8-9H2,1-5H3,(H,17,18). The molecule has 1 aromatic rings. The molecule has 0 saturated heterocycles. The third-order valence-electron chi connectivity index (χ3n) is 3.29. The molecule has 0 amide bonds. The molecular formula is C15H23NO4. The summed E-state index contributed by atoms with van der Waals surface area (Å²) in [5.74, 6) is 0.226. The van der Waals surface area contributed by atoms with Gasteiger partial charge in [-0.25, -0.2) is 0 Å². The quantitative estimate of drug-likeness (QED) is 0.830. The fourth-order valence-electron chi connectivity index (χ4n) is 2.09. The van der Waals surface area contributed by atoms with Gasteiger partial charge in [-0.1, -0.05) is 6.92 Å². The second-order valence-electron chi connectivity index (χ2n) is 5.07. The van der Waals surface area contributed by atoms with Crippen molar-refractivity contribution in [2.24, 2.45) is 5.92 Å². The molecule has 5 nitrogen and oxygen atoms in total. The second-order valence-corrected chi connectivity index (χ2v) is 5.07. The molecule has 0 radical (unpaired) electrons. The summed E-state index contributed by atoms with van der Waals surface area (Å²) in [6.45, 7) is 4.89. The molecule has 0 spiro atoms. The summed E-state index contributed by atoms with van der Waals surface area (Å²) in [5, 5.41) is 8.94. The van der Waals surface area contributed by atoms with Crippen LogP contribution >= 0.6 is 0 Å². The minimum Gasteiger partial charge on any atom is -0.493 e. The van der Waals surface area contributed by atoms with Crippen LogP contribution in [0.5, 0.6) is 11.5 Å². The van der Waals surface area contributed by atoms with E-state index in [1.165, 1.54) is 0 Å². The zero-order valence-electron chi connectivity index (χ0n) is 12.8. The molecule has 0 aliphatic heterocycles. The van der Waals surface area contributed by atoms with Crippen molar-refractivity contribution in [1.29, 1.82) is 0 Å². The molecule has 0 saturated carbocycles. The minimum absolute atomic E-state index is 0.388. The predicted molar refractivity (Wildman–Crippen MR) is 77.4 cm³/mol. The summed E-state index contributed by atoms with van der Waals surface area (Å²) in [7, 11) is 5.13. The molecule has 1 unspecified atom stereocenters. The molecule has 5 heteroatoms. The van der Waals surface area contributed by atoms with E-state index in [1.807, 2.05) is 31.0 Å². The zero-order valence-corrected chi connectivity index (χ0v) is 12.8. The van der Waals surface area contributed by atoms with Gasteiger partial charge in [-0.15, -0.1) is 0 Å². The van der Waals surface area contributed by atoms with Gasteiger partial charge in [-0.3, -0.25) is 4.79 Å². The van der Waals surface area contributed by atoms with Gasteiger partial charge >= 0.3 is 5.97 Å². The molecule has 1 rings (SSSR count). The maximum atomic E-state index is 10.9. The van der Waals surface area contributed by atoms with Crippen LogP contribution < -0.4 is 9.47 Å². The van der Waals surface area contributed by atoms with Crippen molar-refractivity contribution in [2.45, 2.75) is 20.4 Å². The topological polar surface area (TPSA) is 59.0 Å². The van der Waals surface area contributed by atoms with E-state index in [0.717, 1.165) is 11.1 Å². The molecule has 20 heavy (non-hydrogen) atoms. The Morgan fingerprint density at radius 1 is 1.30 bits per heavy atom. The molecule has 112 valence electrons. The molecule has 0 aliphatic rings. The number of carbonyl (C=O) groups is 1. The average Bonchev–Trinajstić information content (AvgIpc) is 2.40. The number of hydrogen-bond acceptors (Lipinski definition) is 4. The fourth-order valence-corrected chi connectivity index (χ4v) is 2.09. The molecule has 1 aromatic carbocycles. The molecule has 0 bridgehead atoms. The number of methoxy groups -OCH3 is 2. The SMILES string of the molecule is COc1cc(C)c(CN(C)CC(C)C(=O)O)cc1OC. The van der Waals surface area contributed by atoms with E-state index in [9.17, 15) is 4.79 Å². The van der Waals surface area contributed by atoms with Crippen LogP contribution in [0.15, 0.2) is 12.1 Å². The third-order valence-corrected chi connectivity index (χ3v) is 3.29. The Balaban J connectivity index is 2.84. The van der Waals surface area contributed by atoms with Gasteiger partial charge in [0, 0.05) is 13.1 Å². The summed E-state index contributed by atoms with van der Waals surface area (Å²) in [5.41, 5.74) is 2.19. The largest absolute Gasteiger partial charge is 0.493 e. The van der Waals surface area contributed by atoms with Crippen LogP contribution in [0.3, 0.4) is 0 Å². The maximum Gasteiger partial charge on any atom is 0.307 e. The second kappa shape index (κ2) is 7.14. The van der Waals surface area contributed by atoms with Gasteiger partial charge in [0.1, 0.15) is 0 Å². The van der Waals surface area contributed by atoms with Gasteiger partial charge in [0.15, 0.2) is 11.5 Å². The monoisotopic (exact) mass is 281 g/mol. The van der Waals surface area contributed by atoms with Crippen LogP contribution in [0.1, 0.15) is 18.1 Å². The van der Waals surface area contributed by atoms with Gasteiger partial charge in [0.05, 0.1) is 20.1 Å². The lowest BCUT2D eigenvalue weighted by Gasteiger charge is -2.21. The highest BCUT2D eigenvalue weighted by Gasteiger charge is 2.15. The Hall–Kier alpha value is -1.75. The summed E-state index contributed by atoms with van der Waals surface area (Å²) in [4.78, 5) is 12.9. The molecule has 1 atom stereocenters. The van der Waals surface area contributed by atoms with E-state index in [0.29, 0.717) is 24.6 Å². The highest BCUT2D eigenvalue weighted by molar-refractivity contribution is 5.69. The van der Waals surface area contributed by atoms with Gasteiger partial charge < -0.3 is 19.5 Å². The van der Waals surface area contributed by atoms with Crippen LogP contribution in [0.4, 0.5) is 0 Å². The van der Waals surface area contributed by atoms with E-state index >= 15 is 0 Å². The van der Waals surface area contributed by atoms with Gasteiger partial charge in [0.2, 0.25) is 0 Å². The Bertz CT molecular complexity index is 473. The Morgan fingerprint density at radius 3 is 2.35 bits per heavy atom. The lowest BCUT2D eigenvalue weighted by molar-refractivity contribution is -0.141. The number of carboxylic acid groups (broad SMARTS) is 1. The van der Waals surface area contributed by atoms with Crippen LogP contribution in [0.2, 0.25) is 0 Å². The Labute approximate surface area is 120 Å². The maximum absolute atomic E-state index is 10.9. The molecular weight excluding hydrogens is 258 g/mol. The first kappa shape index (κ1) is 16.3. The van der Waals surface area contributed by atoms with Gasteiger partial charge in [0.25, 0.3) is 0 Å². The normalized spacial score (nSPS) is 12.3. The van der Waals surface area contributed by atoms with Crippen LogP contribution in [0.25, 0.3) is 0 Å². The third kappa shape index (κ3) is 4.13. The van der Waals surface area contributed by atoms with Crippen molar-refractivity contribution in [2.75, 3.05) is 27.8 Å². The molecule has 0 heterocycles. The fraction of sp³-hybridized carbons (Fsp3) is 0.533. The van der Waals surface area contributed by atoms with E-state index in [1.54, 1.807) is 21.1 Å². The number of carboxylic acids is 1. The smallest absolute Gasteiger partial charge is 0.307 e. The Morgan fingerprint density at radius 2 is 1.85 bits per heavy atom. The van der Waals surface area contributed by atoms with Crippen molar-refractivity contribution in [1.82, 2.24) is 4.90 Å². The van der Waals surface area contributed by atoms with Crippen molar-refractivity contribution >= 4 is 5.97 Å². The number of aryl methyl sites for hydroxylation is 1. The van der Waals surface area contributed by atoms with Crippen LogP contribution in [-0.2, 0) is 11.3 Å². The first-order chi connectivity index (χ1) is 9.38. The molecule has 0 fully saturated rings. The van der Waals surface area contributed by atoms with Crippen molar-refractivity contribution in [3.05, 3.63) is 23.3 Å². The number of aliphatic carboxylic acids is 1. The van der Waals surface area contributed by atoms with Gasteiger partial charge in [-0.2, -0.15) is 0 Å². The van der Waals surface area contributed by atoms with Crippen LogP contribution in [-0.4, -0.2) is 43.8 Å². The van der Waals surface area contributed by atoms with E-state index in [2.05, 4.69) is 0 Å². The lowest BCUT2D eigenvalue weighted by Crippen LogP contribution is -2.28. The number of benzene rings is 1. The number of hydrogen-bond donors (Lipinski definition) is 1. The summed E-state index contributed by atoms with van der Waals surface area (Å²) >= 11 is 0. The number of rotatable bonds is 7. The van der Waals surface area contributed by atoms with E-state index in [-0.39, 0.29) is 5.92 Å². The van der Waals surface area contributed by atoms with E-state index in [4.69, 9.17) is 14.6 Å². The van der Waals surface area contributed by atoms with Crippen molar-refractivity contribution < 1.29 is 19.4 Å². The predicted octanol–water partition coefficient (Wildman–Crippen LogP) is 2.16. The highest BCUT2D eigenvalue weighted by atomic mass is 16.5. The van der Waals surface area contributed by atoms with Crippen molar-refractivity contribution in [3.63, 3.8) is 0 Å². The minimum atomic E-state index is -0.777. The summed E-state index contributed by atoms with van der Waals surface area (Å²) < 4.78 is 10.6. The highest BCUT2D eigenvalue weighted by Crippen LogP contribution is 2.30. The first-order valence-electron chi connectivity index (χ1n) is 6.51. The first-order valence-corrected chi connectivity index (χ1v) is 6.51. The van der Waals surface area contributed by atoms with E-state index < -0.39 is 5.97 Å². The van der Waals surface area contributed by atoms with Gasteiger partial charge in [-0.05, 0) is 37.2 Å². The molecule has 0 aliphatic carbocycles. The summed E-state index contributed by atoms with van der Waals surface area (Å²) in [6.07, 6.45) is 0. The zero-order chi connectivity index (χ0) is 15.3. The molecule has 1 N–H and O–H groups in total. The Kier molecular flexibility index (Phi) is 5.82.